The lowest BCUT2D eigenvalue weighted by atomic mass is 10.4. The van der Waals surface area contributed by atoms with E-state index < -0.39 is 0 Å². The zero-order valence-electron chi connectivity index (χ0n) is 7.31. The van der Waals surface area contributed by atoms with Crippen LogP contribution >= 0.6 is 0 Å². The van der Waals surface area contributed by atoms with Gasteiger partial charge in [0.2, 0.25) is 0 Å². The number of anilines is 1. The molecule has 0 spiro atoms. The molecule has 0 atom stereocenters. The summed E-state index contributed by atoms with van der Waals surface area (Å²) in [6, 6.07) is 5.56. The molecule has 0 unspecified atom stereocenters. The maximum atomic E-state index is 8.37. The molecule has 0 radical (unpaired) electrons. The number of fused-ring (bicyclic) bond motifs is 1. The molecule has 0 aromatic carbocycles. The lowest BCUT2D eigenvalue weighted by molar-refractivity contribution is 1.19. The minimum Gasteiger partial charge on any atom is -0.357 e. The van der Waals surface area contributed by atoms with Crippen LogP contribution in [0.3, 0.4) is 0 Å². The number of aromatic nitrogens is 3. The summed E-state index contributed by atoms with van der Waals surface area (Å²) in [5.41, 5.74) is 1.32. The van der Waals surface area contributed by atoms with Gasteiger partial charge >= 0.3 is 0 Å². The van der Waals surface area contributed by atoms with Crippen molar-refractivity contribution in [2.24, 2.45) is 0 Å². The summed E-state index contributed by atoms with van der Waals surface area (Å²) < 4.78 is 0. The van der Waals surface area contributed by atoms with Gasteiger partial charge in [-0.15, -0.1) is 0 Å². The van der Waals surface area contributed by atoms with E-state index in [1.54, 1.807) is 18.5 Å². The zero-order chi connectivity index (χ0) is 9.80. The van der Waals surface area contributed by atoms with E-state index in [0.29, 0.717) is 11.5 Å². The van der Waals surface area contributed by atoms with Crippen LogP contribution in [0, 0.1) is 11.3 Å². The normalized spacial score (nSPS) is 9.64. The van der Waals surface area contributed by atoms with Crippen molar-refractivity contribution in [3.8, 4) is 6.07 Å². The molecule has 0 amide bonds. The smallest absolute Gasteiger partial charge is 0.180 e. The topological polar surface area (TPSA) is 74.5 Å². The van der Waals surface area contributed by atoms with Gasteiger partial charge in [-0.05, 0) is 12.1 Å². The molecule has 0 bridgehead atoms. The number of nitriles is 1. The Morgan fingerprint density at radius 3 is 3.00 bits per heavy atom. The van der Waals surface area contributed by atoms with Gasteiger partial charge in [-0.2, -0.15) is 5.26 Å². The monoisotopic (exact) mass is 185 g/mol. The van der Waals surface area contributed by atoms with Crippen LogP contribution in [0.5, 0.6) is 0 Å². The summed E-state index contributed by atoms with van der Waals surface area (Å²) in [6.45, 7) is 0.235. The van der Waals surface area contributed by atoms with Crippen LogP contribution in [-0.4, -0.2) is 21.5 Å². The highest BCUT2D eigenvalue weighted by Gasteiger charge is 1.97. The van der Waals surface area contributed by atoms with Crippen molar-refractivity contribution in [3.05, 3.63) is 24.5 Å². The molecule has 0 saturated heterocycles. The summed E-state index contributed by atoms with van der Waals surface area (Å²) >= 11 is 0. The van der Waals surface area contributed by atoms with Crippen LogP contribution in [0.25, 0.3) is 11.2 Å². The second-order valence-electron chi connectivity index (χ2n) is 2.61. The summed E-state index contributed by atoms with van der Waals surface area (Å²) in [6.07, 6.45) is 3.20. The van der Waals surface area contributed by atoms with E-state index in [2.05, 4.69) is 20.3 Å². The summed E-state index contributed by atoms with van der Waals surface area (Å²) in [7, 11) is 0. The van der Waals surface area contributed by atoms with E-state index in [1.165, 1.54) is 0 Å². The Kier molecular flexibility index (Phi) is 2.19. The molecule has 5 nitrogen and oxygen atoms in total. The number of hydrogen-bond acceptors (Lipinski definition) is 5. The van der Waals surface area contributed by atoms with Crippen LogP contribution in [-0.2, 0) is 0 Å². The molecule has 0 fully saturated rings. The molecular formula is C9H7N5. The first-order valence-electron chi connectivity index (χ1n) is 4.09. The summed E-state index contributed by atoms with van der Waals surface area (Å²) in [4.78, 5) is 12.3. The van der Waals surface area contributed by atoms with Crippen molar-refractivity contribution in [2.75, 3.05) is 11.9 Å². The Morgan fingerprint density at radius 1 is 1.29 bits per heavy atom. The molecular weight excluding hydrogens is 178 g/mol. The molecule has 68 valence electrons. The SMILES string of the molecule is N#CCNc1ccc2nccnc2n1. The van der Waals surface area contributed by atoms with E-state index in [1.807, 2.05) is 12.1 Å². The summed E-state index contributed by atoms with van der Waals surface area (Å²) in [5, 5.41) is 11.2. The van der Waals surface area contributed by atoms with Gasteiger partial charge in [-0.25, -0.2) is 9.97 Å². The summed E-state index contributed by atoms with van der Waals surface area (Å²) in [5.74, 6) is 0.638. The molecule has 0 aliphatic rings. The Labute approximate surface area is 80.4 Å². The lowest BCUT2D eigenvalue weighted by Gasteiger charge is -2.00. The Hall–Kier alpha value is -2.22. The fourth-order valence-electron chi connectivity index (χ4n) is 1.08. The number of nitrogens with zero attached hydrogens (tertiary/aromatic N) is 4. The van der Waals surface area contributed by atoms with E-state index in [-0.39, 0.29) is 6.54 Å². The van der Waals surface area contributed by atoms with Crippen LogP contribution in [0.1, 0.15) is 0 Å². The van der Waals surface area contributed by atoms with Gasteiger partial charge in [0, 0.05) is 12.4 Å². The van der Waals surface area contributed by atoms with Gasteiger partial charge in [0.15, 0.2) is 5.65 Å². The van der Waals surface area contributed by atoms with E-state index in [4.69, 9.17) is 5.26 Å². The molecule has 0 aliphatic carbocycles. The number of hydrogen-bond donors (Lipinski definition) is 1. The highest BCUT2D eigenvalue weighted by atomic mass is 15.0. The molecule has 1 N–H and O–H groups in total. The Balaban J connectivity index is 2.37. The van der Waals surface area contributed by atoms with Gasteiger partial charge in [0.05, 0.1) is 6.07 Å². The zero-order valence-corrected chi connectivity index (χ0v) is 7.31. The van der Waals surface area contributed by atoms with Crippen molar-refractivity contribution < 1.29 is 0 Å². The Bertz CT molecular complexity index is 488. The minimum absolute atomic E-state index is 0.235. The largest absolute Gasteiger partial charge is 0.357 e. The van der Waals surface area contributed by atoms with E-state index in [9.17, 15) is 0 Å². The van der Waals surface area contributed by atoms with Gasteiger partial charge in [0.1, 0.15) is 17.9 Å². The molecule has 2 aromatic heterocycles. The highest BCUT2D eigenvalue weighted by Crippen LogP contribution is 2.09. The molecule has 2 rings (SSSR count). The molecule has 0 aliphatic heterocycles. The van der Waals surface area contributed by atoms with Crippen LogP contribution < -0.4 is 5.32 Å². The predicted molar refractivity (Wildman–Crippen MR) is 51.4 cm³/mol. The first kappa shape index (κ1) is 8.38. The third-order valence-corrected chi connectivity index (χ3v) is 1.68. The van der Waals surface area contributed by atoms with E-state index in [0.717, 1.165) is 5.52 Å². The fourth-order valence-corrected chi connectivity index (χ4v) is 1.08. The second kappa shape index (κ2) is 3.66. The maximum absolute atomic E-state index is 8.37. The van der Waals surface area contributed by atoms with Crippen LogP contribution in [0.4, 0.5) is 5.82 Å². The second-order valence-corrected chi connectivity index (χ2v) is 2.61. The molecule has 0 saturated carbocycles. The average Bonchev–Trinajstić information content (AvgIpc) is 2.26. The van der Waals surface area contributed by atoms with Crippen molar-refractivity contribution in [3.63, 3.8) is 0 Å². The van der Waals surface area contributed by atoms with Gasteiger partial charge in [0.25, 0.3) is 0 Å². The predicted octanol–water partition coefficient (Wildman–Crippen LogP) is 0.960. The average molecular weight is 185 g/mol. The number of nitrogens with one attached hydrogen (secondary N) is 1. The lowest BCUT2D eigenvalue weighted by Crippen LogP contribution is -2.01. The van der Waals surface area contributed by atoms with Gasteiger partial charge < -0.3 is 5.32 Å². The first-order chi connectivity index (χ1) is 6.90. The maximum Gasteiger partial charge on any atom is 0.180 e. The molecule has 14 heavy (non-hydrogen) atoms. The first-order valence-corrected chi connectivity index (χ1v) is 4.09. The standard InChI is InChI=1S/C9H7N5/c10-3-4-12-8-2-1-7-9(14-8)13-6-5-11-7/h1-2,5-6H,4H2,(H,12,13,14). The highest BCUT2D eigenvalue weighted by molar-refractivity contribution is 5.71. The van der Waals surface area contributed by atoms with Crippen molar-refractivity contribution in [1.82, 2.24) is 15.0 Å². The number of rotatable bonds is 2. The molecule has 2 aromatic rings. The number of pyridine rings is 1. The quantitative estimate of drug-likeness (QED) is 0.705. The van der Waals surface area contributed by atoms with Crippen LogP contribution in [0.2, 0.25) is 0 Å². The van der Waals surface area contributed by atoms with Crippen LogP contribution in [0.15, 0.2) is 24.5 Å². The van der Waals surface area contributed by atoms with Crippen molar-refractivity contribution >= 4 is 17.0 Å². The van der Waals surface area contributed by atoms with Crippen molar-refractivity contribution in [1.29, 1.82) is 5.26 Å². The Morgan fingerprint density at radius 2 is 2.14 bits per heavy atom. The molecule has 5 heteroatoms. The van der Waals surface area contributed by atoms with Crippen molar-refractivity contribution in [2.45, 2.75) is 0 Å². The third-order valence-electron chi connectivity index (χ3n) is 1.68. The minimum atomic E-state index is 0.235. The van der Waals surface area contributed by atoms with Gasteiger partial charge in [-0.1, -0.05) is 0 Å². The fraction of sp³-hybridized carbons (Fsp3) is 0.111. The van der Waals surface area contributed by atoms with E-state index >= 15 is 0 Å². The third kappa shape index (κ3) is 1.59. The molecule has 2 heterocycles. The van der Waals surface area contributed by atoms with Gasteiger partial charge in [-0.3, -0.25) is 4.98 Å².